The Labute approximate surface area is 260 Å². The number of aryl methyl sites for hydroxylation is 1. The lowest BCUT2D eigenvalue weighted by atomic mass is 10.0. The van der Waals surface area contributed by atoms with E-state index in [4.69, 9.17) is 4.98 Å². The fraction of sp³-hybridized carbons (Fsp3) is 0.406. The molecule has 0 fully saturated rings. The molecule has 0 unspecified atom stereocenters. The third-order valence-corrected chi connectivity index (χ3v) is 8.05. The summed E-state index contributed by atoms with van der Waals surface area (Å²) in [7, 11) is 0. The van der Waals surface area contributed by atoms with E-state index in [1.54, 1.807) is 38.6 Å². The van der Waals surface area contributed by atoms with Gasteiger partial charge in [0.05, 0.1) is 12.6 Å². The minimum Gasteiger partial charge on any atom is -0.361 e. The van der Waals surface area contributed by atoms with Crippen LogP contribution in [0.15, 0.2) is 55.0 Å². The topological polar surface area (TPSA) is 155 Å². The minimum absolute atomic E-state index is 0.150. The zero-order valence-corrected chi connectivity index (χ0v) is 25.7. The van der Waals surface area contributed by atoms with Crippen molar-refractivity contribution in [2.24, 2.45) is 5.92 Å². The molecule has 13 heteroatoms. The number of hydrogen-bond donors (Lipinski definition) is 3. The standard InChI is InChI=1S/C32H38N10O3/c1-20(2)16-25-30-35-21(3)38-42(30)15-14-40(32(45)27-18-28-33-11-7-13-41(28)39-27)12-6-10-29(43)36-26(31(44)37-25)17-22-19-34-24-9-5-4-8-23(22)24/h4-5,7-9,11,13,18-20,25-26,34H,6,10,12,14-17H2,1-3H3,(H,36,43)(H,37,44)/t25-,26+/m0/s1. The van der Waals surface area contributed by atoms with Gasteiger partial charge in [0.1, 0.15) is 17.7 Å². The molecule has 0 saturated carbocycles. The van der Waals surface area contributed by atoms with Gasteiger partial charge in [-0.25, -0.2) is 19.2 Å². The van der Waals surface area contributed by atoms with E-state index in [1.807, 2.05) is 37.4 Å². The Bertz CT molecular complexity index is 1800. The lowest BCUT2D eigenvalue weighted by Gasteiger charge is -2.27. The van der Waals surface area contributed by atoms with Crippen molar-refractivity contribution in [2.45, 2.75) is 65.1 Å². The molecule has 234 valence electrons. The summed E-state index contributed by atoms with van der Waals surface area (Å²) in [5.74, 6) is 0.647. The molecular formula is C32H38N10O3. The zero-order chi connectivity index (χ0) is 31.5. The number of H-pyrrole nitrogens is 1. The molecule has 5 aromatic rings. The number of fused-ring (bicyclic) bond motifs is 3. The quantitative estimate of drug-likeness (QED) is 0.276. The van der Waals surface area contributed by atoms with Gasteiger partial charge in [-0.3, -0.25) is 14.4 Å². The van der Waals surface area contributed by atoms with Crippen molar-refractivity contribution in [2.75, 3.05) is 13.1 Å². The number of carbonyl (C=O) groups excluding carboxylic acids is 3. The van der Waals surface area contributed by atoms with E-state index in [1.165, 1.54) is 0 Å². The lowest BCUT2D eigenvalue weighted by Crippen LogP contribution is -2.49. The zero-order valence-electron chi connectivity index (χ0n) is 25.7. The number of nitrogens with one attached hydrogen (secondary N) is 3. The van der Waals surface area contributed by atoms with E-state index in [0.29, 0.717) is 56.2 Å². The SMILES string of the molecule is Cc1nc2n(n1)CCN(C(=O)c1cc3ncccn3n1)CCCC(=O)N[C@H](Cc1c[nH]c3ccccc13)C(=O)N[C@H]2CC(C)C. The highest BCUT2D eigenvalue weighted by Crippen LogP contribution is 2.23. The molecule has 1 aliphatic heterocycles. The molecular weight excluding hydrogens is 572 g/mol. The van der Waals surface area contributed by atoms with E-state index in [2.05, 4.69) is 44.6 Å². The molecule has 6 rings (SSSR count). The summed E-state index contributed by atoms with van der Waals surface area (Å²) in [6.45, 7) is 6.99. The second-order valence-electron chi connectivity index (χ2n) is 12.0. The third kappa shape index (κ3) is 6.71. The fourth-order valence-electron chi connectivity index (χ4n) is 5.92. The number of para-hydroxylation sites is 1. The Balaban J connectivity index is 1.31. The molecule has 3 N–H and O–H groups in total. The van der Waals surface area contributed by atoms with E-state index in [-0.39, 0.29) is 35.8 Å². The van der Waals surface area contributed by atoms with Gasteiger partial charge in [-0.15, -0.1) is 0 Å². The van der Waals surface area contributed by atoms with Gasteiger partial charge in [-0.1, -0.05) is 32.0 Å². The van der Waals surface area contributed by atoms with Gasteiger partial charge in [0.15, 0.2) is 11.3 Å². The van der Waals surface area contributed by atoms with E-state index < -0.39 is 12.1 Å². The Kier molecular flexibility index (Phi) is 8.58. The molecule has 0 bridgehead atoms. The normalized spacial score (nSPS) is 18.5. The van der Waals surface area contributed by atoms with Crippen LogP contribution in [-0.4, -0.2) is 76.1 Å². The van der Waals surface area contributed by atoms with Crippen LogP contribution >= 0.6 is 0 Å². The summed E-state index contributed by atoms with van der Waals surface area (Å²) in [5.41, 5.74) is 2.75. The maximum atomic E-state index is 13.9. The van der Waals surface area contributed by atoms with Crippen LogP contribution in [-0.2, 0) is 22.6 Å². The van der Waals surface area contributed by atoms with Crippen LogP contribution in [0.5, 0.6) is 0 Å². The molecule has 0 saturated heterocycles. The first-order valence-corrected chi connectivity index (χ1v) is 15.4. The fourth-order valence-corrected chi connectivity index (χ4v) is 5.92. The van der Waals surface area contributed by atoms with Gasteiger partial charge in [0.2, 0.25) is 11.8 Å². The summed E-state index contributed by atoms with van der Waals surface area (Å²) in [6.07, 6.45) is 6.77. The average molecular weight is 611 g/mol. The minimum atomic E-state index is -0.810. The van der Waals surface area contributed by atoms with Crippen LogP contribution < -0.4 is 10.6 Å². The van der Waals surface area contributed by atoms with Gasteiger partial charge in [0.25, 0.3) is 5.91 Å². The lowest BCUT2D eigenvalue weighted by molar-refractivity contribution is -0.129. The highest BCUT2D eigenvalue weighted by atomic mass is 16.2. The number of aromatic nitrogens is 7. The molecule has 13 nitrogen and oxygen atoms in total. The molecule has 1 aliphatic rings. The van der Waals surface area contributed by atoms with Crippen LogP contribution in [0.4, 0.5) is 0 Å². The average Bonchev–Trinajstić information content (AvgIpc) is 3.74. The predicted octanol–water partition coefficient (Wildman–Crippen LogP) is 2.98. The molecule has 45 heavy (non-hydrogen) atoms. The number of carbonyl (C=O) groups is 3. The van der Waals surface area contributed by atoms with E-state index in [0.717, 1.165) is 16.5 Å². The van der Waals surface area contributed by atoms with E-state index in [9.17, 15) is 14.4 Å². The van der Waals surface area contributed by atoms with Gasteiger partial charge in [-0.2, -0.15) is 10.2 Å². The first-order chi connectivity index (χ1) is 21.7. The number of hydrogen-bond acceptors (Lipinski definition) is 7. The molecule has 0 radical (unpaired) electrons. The first-order valence-electron chi connectivity index (χ1n) is 15.4. The molecule has 1 aromatic carbocycles. The van der Waals surface area contributed by atoms with Gasteiger partial charge >= 0.3 is 0 Å². The molecule has 2 atom stereocenters. The Hall–Kier alpha value is -5.07. The van der Waals surface area contributed by atoms with Crippen LogP contribution in [0.25, 0.3) is 16.6 Å². The van der Waals surface area contributed by atoms with Gasteiger partial charge < -0.3 is 20.5 Å². The van der Waals surface area contributed by atoms with Crippen molar-refractivity contribution in [1.29, 1.82) is 0 Å². The summed E-state index contributed by atoms with van der Waals surface area (Å²) >= 11 is 0. The monoisotopic (exact) mass is 610 g/mol. The van der Waals surface area contributed by atoms with Crippen LogP contribution in [0.3, 0.4) is 0 Å². The Morgan fingerprint density at radius 1 is 1.04 bits per heavy atom. The van der Waals surface area contributed by atoms with Crippen molar-refractivity contribution in [3.8, 4) is 0 Å². The van der Waals surface area contributed by atoms with E-state index >= 15 is 0 Å². The molecule has 4 aromatic heterocycles. The van der Waals surface area contributed by atoms with Crippen LogP contribution in [0.2, 0.25) is 0 Å². The molecule has 5 heterocycles. The summed E-state index contributed by atoms with van der Waals surface area (Å²) in [4.78, 5) is 54.9. The largest absolute Gasteiger partial charge is 0.361 e. The van der Waals surface area contributed by atoms with Crippen molar-refractivity contribution >= 4 is 34.3 Å². The number of nitrogens with zero attached hydrogens (tertiary/aromatic N) is 7. The summed E-state index contributed by atoms with van der Waals surface area (Å²) in [6, 6.07) is 10.0. The second kappa shape index (κ2) is 12.9. The second-order valence-corrected chi connectivity index (χ2v) is 12.0. The summed E-state index contributed by atoms with van der Waals surface area (Å²) < 4.78 is 3.35. The third-order valence-electron chi connectivity index (χ3n) is 8.05. The van der Waals surface area contributed by atoms with Gasteiger partial charge in [-0.05, 0) is 43.4 Å². The first kappa shape index (κ1) is 30.0. The Morgan fingerprint density at radius 3 is 2.71 bits per heavy atom. The summed E-state index contributed by atoms with van der Waals surface area (Å²) in [5, 5.41) is 16.2. The smallest absolute Gasteiger partial charge is 0.274 e. The molecule has 0 spiro atoms. The highest BCUT2D eigenvalue weighted by molar-refractivity contribution is 5.93. The maximum Gasteiger partial charge on any atom is 0.274 e. The predicted molar refractivity (Wildman–Crippen MR) is 167 cm³/mol. The highest BCUT2D eigenvalue weighted by Gasteiger charge is 2.29. The van der Waals surface area contributed by atoms with Crippen molar-refractivity contribution in [3.05, 3.63) is 77.9 Å². The maximum absolute atomic E-state index is 13.9. The number of benzene rings is 1. The number of rotatable bonds is 5. The number of aromatic amines is 1. The van der Waals surface area contributed by atoms with Crippen LogP contribution in [0, 0.1) is 12.8 Å². The van der Waals surface area contributed by atoms with Crippen molar-refractivity contribution in [3.63, 3.8) is 0 Å². The Morgan fingerprint density at radius 2 is 1.89 bits per heavy atom. The molecule has 3 amide bonds. The number of amides is 3. The van der Waals surface area contributed by atoms with Crippen LogP contribution in [0.1, 0.15) is 66.9 Å². The van der Waals surface area contributed by atoms with Crippen molar-refractivity contribution < 1.29 is 14.4 Å². The molecule has 0 aliphatic carbocycles. The van der Waals surface area contributed by atoms with Gasteiger partial charge in [0, 0.05) is 61.5 Å². The van der Waals surface area contributed by atoms with Crippen molar-refractivity contribution in [1.82, 2.24) is 49.9 Å².